The number of H-pyrrole nitrogens is 1. The van der Waals surface area contributed by atoms with Gasteiger partial charge in [0.25, 0.3) is 0 Å². The normalized spacial score (nSPS) is 10.5. The molecule has 0 saturated carbocycles. The molecule has 0 aliphatic carbocycles. The van der Waals surface area contributed by atoms with Crippen molar-refractivity contribution >= 4 is 45.1 Å². The van der Waals surface area contributed by atoms with Crippen LogP contribution in [0.1, 0.15) is 5.69 Å². The van der Waals surface area contributed by atoms with Gasteiger partial charge in [0.1, 0.15) is 5.69 Å². The van der Waals surface area contributed by atoms with Crippen LogP contribution in [0.15, 0.2) is 57.9 Å². The number of hydrogen-bond acceptors (Lipinski definition) is 3. The third kappa shape index (κ3) is 4.24. The highest BCUT2D eigenvalue weighted by Crippen LogP contribution is 2.29. The van der Waals surface area contributed by atoms with Gasteiger partial charge in [0.05, 0.1) is 4.47 Å². The lowest BCUT2D eigenvalue weighted by Crippen LogP contribution is -2.19. The Hall–Kier alpha value is -2.25. The highest BCUT2D eigenvalue weighted by molar-refractivity contribution is 9.10. The van der Waals surface area contributed by atoms with E-state index in [1.165, 1.54) is 0 Å². The van der Waals surface area contributed by atoms with Crippen LogP contribution in [0.2, 0.25) is 0 Å². The minimum absolute atomic E-state index is 0.286. The molecule has 5 nitrogen and oxygen atoms in total. The van der Waals surface area contributed by atoms with Gasteiger partial charge >= 0.3 is 6.03 Å². The quantitative estimate of drug-likeness (QED) is 0.490. The molecule has 0 unspecified atom stereocenters. The van der Waals surface area contributed by atoms with Crippen LogP contribution in [0, 0.1) is 6.92 Å². The van der Waals surface area contributed by atoms with Crippen molar-refractivity contribution in [2.75, 3.05) is 16.9 Å². The minimum Gasteiger partial charge on any atom is -0.308 e. The largest absolute Gasteiger partial charge is 0.323 e. The molecule has 0 radical (unpaired) electrons. The molecular formula is C18H17BrN4OS. The van der Waals surface area contributed by atoms with Crippen molar-refractivity contribution in [1.29, 1.82) is 0 Å². The van der Waals surface area contributed by atoms with Crippen LogP contribution in [0.3, 0.4) is 0 Å². The summed E-state index contributed by atoms with van der Waals surface area (Å²) in [5.74, 6) is 0. The second kappa shape index (κ2) is 7.76. The number of halogens is 1. The number of amides is 2. The lowest BCUT2D eigenvalue weighted by molar-refractivity contribution is 0.262. The molecule has 0 fully saturated rings. The Kier molecular flexibility index (Phi) is 5.45. The van der Waals surface area contributed by atoms with Crippen molar-refractivity contribution in [2.24, 2.45) is 0 Å². The van der Waals surface area contributed by atoms with Gasteiger partial charge in [-0.05, 0) is 65.5 Å². The number of anilines is 2. The fourth-order valence-electron chi connectivity index (χ4n) is 2.32. The molecule has 0 saturated heterocycles. The molecule has 0 aliphatic rings. The van der Waals surface area contributed by atoms with E-state index in [2.05, 4.69) is 36.8 Å². The van der Waals surface area contributed by atoms with Gasteiger partial charge in [0.15, 0.2) is 0 Å². The number of aryl methyl sites for hydroxylation is 1. The second-order valence-electron chi connectivity index (χ2n) is 5.40. The summed E-state index contributed by atoms with van der Waals surface area (Å²) in [4.78, 5) is 13.3. The molecule has 25 heavy (non-hydrogen) atoms. The molecule has 7 heteroatoms. The first-order valence-corrected chi connectivity index (χ1v) is 9.61. The summed E-state index contributed by atoms with van der Waals surface area (Å²) in [6.07, 6.45) is 2.02. The molecule has 1 aromatic heterocycles. The Morgan fingerprint density at radius 3 is 2.48 bits per heavy atom. The van der Waals surface area contributed by atoms with Crippen molar-refractivity contribution in [3.05, 3.63) is 58.7 Å². The number of aromatic nitrogens is 2. The molecule has 2 aromatic carbocycles. The van der Waals surface area contributed by atoms with Crippen LogP contribution in [0.25, 0.3) is 11.3 Å². The third-order valence-electron chi connectivity index (χ3n) is 3.61. The lowest BCUT2D eigenvalue weighted by Gasteiger charge is -2.09. The van der Waals surface area contributed by atoms with Gasteiger partial charge in [0.2, 0.25) is 0 Å². The zero-order valence-corrected chi connectivity index (χ0v) is 16.2. The van der Waals surface area contributed by atoms with Crippen molar-refractivity contribution in [3.8, 4) is 11.3 Å². The monoisotopic (exact) mass is 416 g/mol. The van der Waals surface area contributed by atoms with Gasteiger partial charge in [-0.15, -0.1) is 11.8 Å². The standard InChI is InChI=1S/C18H17BrN4OS/c1-11-16(19)17(23-22-11)12-4-3-5-14(10-12)21-18(24)20-13-6-8-15(25-2)9-7-13/h3-10H,1-2H3,(H,22,23)(H2,20,21,24). The molecule has 1 heterocycles. The molecule has 2 amide bonds. The molecule has 0 atom stereocenters. The van der Waals surface area contributed by atoms with Crippen LogP contribution in [0.4, 0.5) is 16.2 Å². The number of thioether (sulfide) groups is 1. The average Bonchev–Trinajstić information content (AvgIpc) is 2.95. The topological polar surface area (TPSA) is 69.8 Å². The SMILES string of the molecule is CSc1ccc(NC(=O)Nc2cccc(-c3n[nH]c(C)c3Br)c2)cc1. The molecule has 3 rings (SSSR count). The highest BCUT2D eigenvalue weighted by Gasteiger charge is 2.11. The van der Waals surface area contributed by atoms with Crippen LogP contribution < -0.4 is 10.6 Å². The van der Waals surface area contributed by atoms with E-state index in [4.69, 9.17) is 0 Å². The number of benzene rings is 2. The number of nitrogens with one attached hydrogen (secondary N) is 3. The van der Waals surface area contributed by atoms with Gasteiger partial charge in [-0.25, -0.2) is 4.79 Å². The molecule has 128 valence electrons. The first-order valence-electron chi connectivity index (χ1n) is 7.60. The number of rotatable bonds is 4. The van der Waals surface area contributed by atoms with Gasteiger partial charge < -0.3 is 10.6 Å². The first-order chi connectivity index (χ1) is 12.1. The maximum absolute atomic E-state index is 12.2. The highest BCUT2D eigenvalue weighted by atomic mass is 79.9. The maximum Gasteiger partial charge on any atom is 0.323 e. The Bertz CT molecular complexity index is 892. The van der Waals surface area contributed by atoms with E-state index in [-0.39, 0.29) is 6.03 Å². The number of nitrogens with zero attached hydrogens (tertiary/aromatic N) is 1. The van der Waals surface area contributed by atoms with E-state index >= 15 is 0 Å². The van der Waals surface area contributed by atoms with Gasteiger partial charge in [-0.1, -0.05) is 12.1 Å². The predicted octanol–water partition coefficient (Wildman–Crippen LogP) is 5.51. The Labute approximate surface area is 158 Å². The zero-order valence-electron chi connectivity index (χ0n) is 13.8. The Balaban J connectivity index is 1.71. The summed E-state index contributed by atoms with van der Waals surface area (Å²) in [6.45, 7) is 1.94. The number of urea groups is 1. The zero-order chi connectivity index (χ0) is 17.8. The van der Waals surface area contributed by atoms with Crippen molar-refractivity contribution in [3.63, 3.8) is 0 Å². The minimum atomic E-state index is -0.286. The first kappa shape index (κ1) is 17.6. The fourth-order valence-corrected chi connectivity index (χ4v) is 3.13. The van der Waals surface area contributed by atoms with Crippen LogP contribution in [0.5, 0.6) is 0 Å². The lowest BCUT2D eigenvalue weighted by atomic mass is 10.1. The van der Waals surface area contributed by atoms with Gasteiger partial charge in [-0.3, -0.25) is 5.10 Å². The summed E-state index contributed by atoms with van der Waals surface area (Å²) in [6, 6.07) is 15.0. The summed E-state index contributed by atoms with van der Waals surface area (Å²) < 4.78 is 0.919. The van der Waals surface area contributed by atoms with E-state index in [1.807, 2.05) is 61.7 Å². The van der Waals surface area contributed by atoms with E-state index in [0.717, 1.165) is 32.0 Å². The summed E-state index contributed by atoms with van der Waals surface area (Å²) in [5.41, 5.74) is 4.13. The average molecular weight is 417 g/mol. The van der Waals surface area contributed by atoms with Crippen molar-refractivity contribution < 1.29 is 4.79 Å². The Morgan fingerprint density at radius 1 is 1.12 bits per heavy atom. The molecule has 3 aromatic rings. The number of aromatic amines is 1. The number of carbonyl (C=O) groups is 1. The van der Waals surface area contributed by atoms with E-state index < -0.39 is 0 Å². The van der Waals surface area contributed by atoms with Crippen molar-refractivity contribution in [1.82, 2.24) is 10.2 Å². The van der Waals surface area contributed by atoms with E-state index in [1.54, 1.807) is 11.8 Å². The smallest absolute Gasteiger partial charge is 0.308 e. The molecule has 0 bridgehead atoms. The van der Waals surface area contributed by atoms with Gasteiger partial charge in [-0.2, -0.15) is 5.10 Å². The van der Waals surface area contributed by atoms with Crippen LogP contribution in [-0.4, -0.2) is 22.5 Å². The third-order valence-corrected chi connectivity index (χ3v) is 5.33. The second-order valence-corrected chi connectivity index (χ2v) is 7.07. The van der Waals surface area contributed by atoms with Gasteiger partial charge in [0, 0.05) is 27.5 Å². The molecule has 0 spiro atoms. The summed E-state index contributed by atoms with van der Waals surface area (Å²) >= 11 is 5.18. The van der Waals surface area contributed by atoms with Crippen LogP contribution >= 0.6 is 27.7 Å². The fraction of sp³-hybridized carbons (Fsp3) is 0.111. The number of carbonyl (C=O) groups excluding carboxylic acids is 1. The van der Waals surface area contributed by atoms with Crippen LogP contribution in [-0.2, 0) is 0 Å². The van der Waals surface area contributed by atoms with Crippen molar-refractivity contribution in [2.45, 2.75) is 11.8 Å². The predicted molar refractivity (Wildman–Crippen MR) is 107 cm³/mol. The molecule has 3 N–H and O–H groups in total. The van der Waals surface area contributed by atoms with E-state index in [0.29, 0.717) is 5.69 Å². The molecule has 0 aliphatic heterocycles. The maximum atomic E-state index is 12.2. The summed E-state index contributed by atoms with van der Waals surface area (Å²) in [5, 5.41) is 12.9. The Morgan fingerprint density at radius 2 is 1.84 bits per heavy atom. The number of hydrogen-bond donors (Lipinski definition) is 3. The van der Waals surface area contributed by atoms with E-state index in [9.17, 15) is 4.79 Å². The summed E-state index contributed by atoms with van der Waals surface area (Å²) in [7, 11) is 0. The molecular weight excluding hydrogens is 400 g/mol.